The highest BCUT2D eigenvalue weighted by atomic mass is 15.4. The summed E-state index contributed by atoms with van der Waals surface area (Å²) < 4.78 is 1.80. The van der Waals surface area contributed by atoms with E-state index >= 15 is 0 Å². The van der Waals surface area contributed by atoms with Crippen molar-refractivity contribution in [1.82, 2.24) is 25.2 Å². The Morgan fingerprint density at radius 2 is 2.29 bits per heavy atom. The first kappa shape index (κ1) is 16.4. The molecule has 1 aliphatic carbocycles. The molecule has 1 saturated carbocycles. The van der Waals surface area contributed by atoms with Gasteiger partial charge in [-0.3, -0.25) is 4.68 Å². The molecule has 1 N–H and O–H groups in total. The molecule has 2 rings (SSSR count). The van der Waals surface area contributed by atoms with Crippen LogP contribution in [0.3, 0.4) is 0 Å². The Kier molecular flexibility index (Phi) is 5.38. The second-order valence-corrected chi connectivity index (χ2v) is 6.90. The lowest BCUT2D eigenvalue weighted by Crippen LogP contribution is -2.61. The Hall–Kier alpha value is -0.940. The van der Waals surface area contributed by atoms with Crippen molar-refractivity contribution >= 4 is 0 Å². The highest BCUT2D eigenvalue weighted by molar-refractivity contribution is 5.07. The van der Waals surface area contributed by atoms with Crippen LogP contribution in [0.1, 0.15) is 45.2 Å². The van der Waals surface area contributed by atoms with Gasteiger partial charge in [0.05, 0.1) is 5.69 Å². The molecular formula is C16H31N5. The molecule has 120 valence electrons. The maximum atomic E-state index is 4.30. The number of hydrogen-bond donors (Lipinski definition) is 1. The van der Waals surface area contributed by atoms with Crippen molar-refractivity contribution in [3.63, 3.8) is 0 Å². The Bertz CT molecular complexity index is 442. The summed E-state index contributed by atoms with van der Waals surface area (Å²) in [4.78, 5) is 2.45. The zero-order chi connectivity index (χ0) is 15.5. The van der Waals surface area contributed by atoms with Gasteiger partial charge < -0.3 is 10.2 Å². The lowest BCUT2D eigenvalue weighted by molar-refractivity contribution is 0.0375. The summed E-state index contributed by atoms with van der Waals surface area (Å²) in [5, 5.41) is 12.1. The van der Waals surface area contributed by atoms with Gasteiger partial charge in [-0.05, 0) is 39.4 Å². The van der Waals surface area contributed by atoms with Crippen LogP contribution in [-0.4, -0.2) is 52.1 Å². The van der Waals surface area contributed by atoms with E-state index in [4.69, 9.17) is 0 Å². The molecule has 1 aliphatic rings. The first-order valence-corrected chi connectivity index (χ1v) is 8.24. The molecule has 0 spiro atoms. The van der Waals surface area contributed by atoms with E-state index in [0.717, 1.165) is 24.6 Å². The minimum absolute atomic E-state index is 0.227. The summed E-state index contributed by atoms with van der Waals surface area (Å²) in [6.07, 6.45) is 8.20. The number of rotatable bonds is 6. The normalized spacial score (nSPS) is 28.0. The monoisotopic (exact) mass is 293 g/mol. The van der Waals surface area contributed by atoms with Gasteiger partial charge in [-0.15, -0.1) is 5.10 Å². The highest BCUT2D eigenvalue weighted by Gasteiger charge is 2.43. The topological polar surface area (TPSA) is 46.0 Å². The Morgan fingerprint density at radius 3 is 2.81 bits per heavy atom. The standard InChI is InChI=1S/C16H31N5/c1-6-17-15(10-14-12-21(5)19-18-14)16(20(3)4)9-7-8-13(2)11-16/h12-13,15,17H,6-11H2,1-5H3. The average Bonchev–Trinajstić information content (AvgIpc) is 2.83. The molecular weight excluding hydrogens is 262 g/mol. The van der Waals surface area contributed by atoms with Gasteiger partial charge in [0, 0.05) is 31.2 Å². The van der Waals surface area contributed by atoms with Gasteiger partial charge in [-0.2, -0.15) is 0 Å². The number of nitrogens with one attached hydrogen (secondary N) is 1. The van der Waals surface area contributed by atoms with Gasteiger partial charge in [0.15, 0.2) is 0 Å². The van der Waals surface area contributed by atoms with Gasteiger partial charge in [0.1, 0.15) is 0 Å². The first-order valence-electron chi connectivity index (χ1n) is 8.24. The van der Waals surface area contributed by atoms with E-state index in [9.17, 15) is 0 Å². The van der Waals surface area contributed by atoms with Crippen molar-refractivity contribution in [2.45, 2.75) is 57.5 Å². The highest BCUT2D eigenvalue weighted by Crippen LogP contribution is 2.39. The Morgan fingerprint density at radius 1 is 1.52 bits per heavy atom. The zero-order valence-corrected chi connectivity index (χ0v) is 14.3. The van der Waals surface area contributed by atoms with E-state index in [-0.39, 0.29) is 5.54 Å². The van der Waals surface area contributed by atoms with Crippen LogP contribution in [0.2, 0.25) is 0 Å². The molecule has 0 radical (unpaired) electrons. The van der Waals surface area contributed by atoms with Gasteiger partial charge in [0.2, 0.25) is 0 Å². The molecule has 0 saturated heterocycles. The first-order chi connectivity index (χ1) is 9.98. The van der Waals surface area contributed by atoms with Crippen molar-refractivity contribution in [3.8, 4) is 0 Å². The van der Waals surface area contributed by atoms with Crippen molar-refractivity contribution < 1.29 is 0 Å². The fourth-order valence-electron chi connectivity index (χ4n) is 4.00. The quantitative estimate of drug-likeness (QED) is 0.869. The van der Waals surface area contributed by atoms with E-state index in [1.165, 1.54) is 25.7 Å². The van der Waals surface area contributed by atoms with Crippen LogP contribution in [-0.2, 0) is 13.5 Å². The molecule has 0 aliphatic heterocycles. The minimum atomic E-state index is 0.227. The molecule has 1 aromatic heterocycles. The van der Waals surface area contributed by atoms with Crippen LogP contribution in [0, 0.1) is 5.92 Å². The fraction of sp³-hybridized carbons (Fsp3) is 0.875. The summed E-state index contributed by atoms with van der Waals surface area (Å²) in [7, 11) is 6.40. The molecule has 1 heterocycles. The average molecular weight is 293 g/mol. The third-order valence-electron chi connectivity index (χ3n) is 5.06. The number of nitrogens with zero attached hydrogens (tertiary/aromatic N) is 4. The van der Waals surface area contributed by atoms with Gasteiger partial charge in [-0.1, -0.05) is 31.9 Å². The molecule has 5 heteroatoms. The second kappa shape index (κ2) is 6.88. The number of hydrogen-bond acceptors (Lipinski definition) is 4. The molecule has 0 amide bonds. The van der Waals surface area contributed by atoms with Gasteiger partial charge in [0.25, 0.3) is 0 Å². The third-order valence-corrected chi connectivity index (χ3v) is 5.06. The maximum absolute atomic E-state index is 4.30. The zero-order valence-electron chi connectivity index (χ0n) is 14.3. The number of aromatic nitrogens is 3. The summed E-state index contributed by atoms with van der Waals surface area (Å²) in [6, 6.07) is 0.428. The van der Waals surface area contributed by atoms with E-state index in [1.54, 1.807) is 4.68 Å². The summed E-state index contributed by atoms with van der Waals surface area (Å²) in [5.41, 5.74) is 1.31. The van der Waals surface area contributed by atoms with Crippen molar-refractivity contribution in [3.05, 3.63) is 11.9 Å². The van der Waals surface area contributed by atoms with Crippen LogP contribution in [0.4, 0.5) is 0 Å². The van der Waals surface area contributed by atoms with Crippen molar-refractivity contribution in [2.24, 2.45) is 13.0 Å². The smallest absolute Gasteiger partial charge is 0.0843 e. The summed E-state index contributed by atoms with van der Waals surface area (Å²) in [5.74, 6) is 0.796. The SMILES string of the molecule is CCNC(Cc1cn(C)nn1)C1(N(C)C)CCCC(C)C1. The van der Waals surface area contributed by atoms with Crippen LogP contribution in [0.5, 0.6) is 0 Å². The predicted molar refractivity (Wildman–Crippen MR) is 86.2 cm³/mol. The van der Waals surface area contributed by atoms with Crippen LogP contribution in [0.25, 0.3) is 0 Å². The lowest BCUT2D eigenvalue weighted by Gasteiger charge is -2.50. The summed E-state index contributed by atoms with van der Waals surface area (Å²) in [6.45, 7) is 5.58. The van der Waals surface area contributed by atoms with Gasteiger partial charge >= 0.3 is 0 Å². The molecule has 21 heavy (non-hydrogen) atoms. The van der Waals surface area contributed by atoms with E-state index in [2.05, 4.69) is 48.5 Å². The van der Waals surface area contributed by atoms with Crippen LogP contribution in [0.15, 0.2) is 6.20 Å². The molecule has 0 aromatic carbocycles. The molecule has 1 aromatic rings. The maximum Gasteiger partial charge on any atom is 0.0843 e. The molecule has 3 unspecified atom stereocenters. The predicted octanol–water partition coefficient (Wildman–Crippen LogP) is 1.85. The molecule has 5 nitrogen and oxygen atoms in total. The third kappa shape index (κ3) is 3.64. The molecule has 1 fully saturated rings. The van der Waals surface area contributed by atoms with Gasteiger partial charge in [-0.25, -0.2) is 0 Å². The fourth-order valence-corrected chi connectivity index (χ4v) is 4.00. The van der Waals surface area contributed by atoms with Crippen LogP contribution < -0.4 is 5.32 Å². The Balaban J connectivity index is 2.23. The van der Waals surface area contributed by atoms with Crippen LogP contribution >= 0.6 is 0 Å². The van der Waals surface area contributed by atoms with Crippen molar-refractivity contribution in [1.29, 1.82) is 0 Å². The lowest BCUT2D eigenvalue weighted by atomic mass is 9.70. The minimum Gasteiger partial charge on any atom is -0.312 e. The van der Waals surface area contributed by atoms with E-state index < -0.39 is 0 Å². The molecule has 3 atom stereocenters. The Labute approximate surface area is 129 Å². The second-order valence-electron chi connectivity index (χ2n) is 6.90. The number of aryl methyl sites for hydroxylation is 1. The summed E-state index contributed by atoms with van der Waals surface area (Å²) >= 11 is 0. The van der Waals surface area contributed by atoms with Crippen molar-refractivity contribution in [2.75, 3.05) is 20.6 Å². The van der Waals surface area contributed by atoms with E-state index in [0.29, 0.717) is 6.04 Å². The number of likely N-dealkylation sites (N-methyl/N-ethyl adjacent to an activating group) is 2. The largest absolute Gasteiger partial charge is 0.312 e. The van der Waals surface area contributed by atoms with E-state index in [1.807, 2.05) is 13.2 Å². The molecule has 0 bridgehead atoms.